The summed E-state index contributed by atoms with van der Waals surface area (Å²) in [5, 5.41) is 0. The van der Waals surface area contributed by atoms with Gasteiger partial charge >= 0.3 is 0 Å². The first kappa shape index (κ1) is 35.0. The fourth-order valence-electron chi connectivity index (χ4n) is 5.57. The molecule has 5 unspecified atom stereocenters. The van der Waals surface area contributed by atoms with E-state index in [-0.39, 0.29) is 6.61 Å². The summed E-state index contributed by atoms with van der Waals surface area (Å²) in [5.74, 6) is 0. The van der Waals surface area contributed by atoms with Gasteiger partial charge in [-0.1, -0.05) is 156 Å². The zero-order chi connectivity index (χ0) is 35.4. The molecule has 0 radical (unpaired) electrons. The van der Waals surface area contributed by atoms with E-state index < -0.39 is 57.1 Å². The van der Waals surface area contributed by atoms with Crippen LogP contribution < -0.4 is 0 Å². The van der Waals surface area contributed by atoms with E-state index in [0.29, 0.717) is 25.7 Å². The highest BCUT2D eigenvalue weighted by molar-refractivity contribution is 4.92. The maximum absolute atomic E-state index is 15.9. The molecule has 5 nitrogen and oxygen atoms in total. The van der Waals surface area contributed by atoms with E-state index in [1.54, 1.807) is 0 Å². The van der Waals surface area contributed by atoms with Crippen molar-refractivity contribution in [3.8, 4) is 0 Å². The second-order valence-corrected chi connectivity index (χ2v) is 12.6. The summed E-state index contributed by atoms with van der Waals surface area (Å²) in [7, 11) is 0. The molecular weight excluding hydrogens is 555 g/mol. The minimum Gasteiger partial charge on any atom is -0.379 e. The first-order valence-electron chi connectivity index (χ1n) is 21.1. The molecule has 1 saturated heterocycles. The lowest BCUT2D eigenvalue weighted by molar-refractivity contribution is -0.293. The second kappa shape index (κ2) is 31.3. The van der Waals surface area contributed by atoms with Crippen LogP contribution in [0.25, 0.3) is 0 Å². The zero-order valence-electron chi connectivity index (χ0n) is 33.3. The number of hydrogen-bond donors (Lipinski definition) is 0. The number of hydrogen-bond acceptors (Lipinski definition) is 5. The van der Waals surface area contributed by atoms with Crippen LogP contribution in [0.5, 0.6) is 0 Å². The molecule has 1 rings (SSSR count). The van der Waals surface area contributed by atoms with Gasteiger partial charge in [0.1, 0.15) is 24.4 Å². The number of ether oxygens (including phenoxy) is 5. The molecule has 0 saturated carbocycles. The van der Waals surface area contributed by atoms with Gasteiger partial charge in [-0.05, 0) is 25.7 Å². The number of halogens is 1. The molecule has 0 aromatic carbocycles. The third-order valence-electron chi connectivity index (χ3n) is 8.42. The molecule has 0 aromatic rings. The molecule has 1 aliphatic rings. The van der Waals surface area contributed by atoms with Crippen LogP contribution in [0, 0.1) is 0 Å². The van der Waals surface area contributed by atoms with Crippen LogP contribution in [0.4, 0.5) is 4.39 Å². The highest BCUT2D eigenvalue weighted by atomic mass is 19.1. The minimum absolute atomic E-state index is 0.0779. The van der Waals surface area contributed by atoms with Gasteiger partial charge in [0, 0.05) is 26.3 Å². The molecule has 1 fully saturated rings. The van der Waals surface area contributed by atoms with Crippen molar-refractivity contribution in [2.75, 3.05) is 32.9 Å². The molecule has 44 heavy (non-hydrogen) atoms. The average Bonchev–Trinajstić information content (AvgIpc) is 3.06. The van der Waals surface area contributed by atoms with Crippen molar-refractivity contribution < 1.29 is 33.6 Å². The molecular formula is C38H75FO5. The lowest BCUT2D eigenvalue weighted by atomic mass is 9.98. The van der Waals surface area contributed by atoms with Crippen LogP contribution in [0.3, 0.4) is 0 Å². The highest BCUT2D eigenvalue weighted by Crippen LogP contribution is 2.30. The summed E-state index contributed by atoms with van der Waals surface area (Å²) in [6.07, 6.45) is 17.1. The van der Waals surface area contributed by atoms with Crippen LogP contribution in [0.2, 0.25) is 0 Å². The lowest BCUT2D eigenvalue weighted by Gasteiger charge is -2.43. The topological polar surface area (TPSA) is 46.2 Å². The van der Waals surface area contributed by atoms with Crippen LogP contribution in [0.1, 0.15) is 187 Å². The third kappa shape index (κ3) is 21.5. The van der Waals surface area contributed by atoms with Crippen molar-refractivity contribution >= 4 is 0 Å². The van der Waals surface area contributed by atoms with E-state index in [4.69, 9.17) is 29.2 Å². The Morgan fingerprint density at radius 3 is 1.23 bits per heavy atom. The summed E-state index contributed by atoms with van der Waals surface area (Å²) in [6.45, 7) is 5.04. The van der Waals surface area contributed by atoms with Crippen molar-refractivity contribution in [1.82, 2.24) is 0 Å². The summed E-state index contributed by atoms with van der Waals surface area (Å²) in [5.41, 5.74) is 0. The monoisotopic (exact) mass is 635 g/mol. The smallest absolute Gasteiger partial charge is 0.228 e. The van der Waals surface area contributed by atoms with Gasteiger partial charge < -0.3 is 23.7 Å². The van der Waals surface area contributed by atoms with E-state index in [1.807, 2.05) is 0 Å². The van der Waals surface area contributed by atoms with Crippen molar-refractivity contribution in [3.63, 3.8) is 0 Å². The second-order valence-electron chi connectivity index (χ2n) is 12.6. The van der Waals surface area contributed by atoms with Gasteiger partial charge in [0.25, 0.3) is 0 Å². The van der Waals surface area contributed by atoms with Crippen molar-refractivity contribution in [2.24, 2.45) is 0 Å². The van der Waals surface area contributed by atoms with E-state index in [1.165, 1.54) is 6.42 Å². The molecule has 9 atom stereocenters. The van der Waals surface area contributed by atoms with E-state index in [0.717, 1.165) is 122 Å². The Balaban J connectivity index is 3.10. The Bertz CT molecular complexity index is 714. The standard InChI is InChI=1S/C38H75FO5/c1-5-9-13-17-21-25-29-40-33-34-35(41-30-26-22-18-14-10-6-2)36(42-31-27-23-19-15-11-7-3)37(38(39)44-34)43-32-28-24-20-16-12-8-4/h34-38H,5-33H2,1-4H3/t34-,35-,36+,37-,38?/m1/s1/i29D,30D,31D,32D/t29?,30?,31?,32?,34-,35-,36+,37-,38?. The Morgan fingerprint density at radius 2 is 0.795 bits per heavy atom. The summed E-state index contributed by atoms with van der Waals surface area (Å²) in [6, 6.07) is 0. The number of rotatable bonds is 33. The first-order chi connectivity index (χ1) is 23.3. The molecule has 264 valence electrons. The largest absolute Gasteiger partial charge is 0.379 e. The van der Waals surface area contributed by atoms with Crippen LogP contribution in [-0.4, -0.2) is 63.7 Å². The summed E-state index contributed by atoms with van der Waals surface area (Å²) < 4.78 is 80.8. The normalized spacial score (nSPS) is 26.3. The van der Waals surface area contributed by atoms with E-state index >= 15 is 4.39 Å². The zero-order valence-corrected chi connectivity index (χ0v) is 29.3. The van der Waals surface area contributed by atoms with E-state index in [2.05, 4.69) is 27.7 Å². The van der Waals surface area contributed by atoms with Gasteiger partial charge in [0.2, 0.25) is 6.36 Å². The molecule has 0 aromatic heterocycles. The van der Waals surface area contributed by atoms with Gasteiger partial charge in [-0.15, -0.1) is 0 Å². The fraction of sp³-hybridized carbons (Fsp3) is 1.00. The Morgan fingerprint density at radius 1 is 0.455 bits per heavy atom. The van der Waals surface area contributed by atoms with Gasteiger partial charge in [-0.25, -0.2) is 4.39 Å². The van der Waals surface area contributed by atoms with Crippen LogP contribution in [-0.2, 0) is 23.7 Å². The Kier molecular flexibility index (Phi) is 25.0. The predicted molar refractivity (Wildman–Crippen MR) is 183 cm³/mol. The van der Waals surface area contributed by atoms with Crippen molar-refractivity contribution in [3.05, 3.63) is 0 Å². The molecule has 0 spiro atoms. The Labute approximate surface area is 279 Å². The maximum atomic E-state index is 15.9. The number of unbranched alkanes of at least 4 members (excludes halogenated alkanes) is 16. The number of alkyl halides is 1. The molecule has 6 heteroatoms. The third-order valence-corrected chi connectivity index (χ3v) is 8.42. The summed E-state index contributed by atoms with van der Waals surface area (Å²) >= 11 is 0. The molecule has 1 aliphatic heterocycles. The first-order valence-corrected chi connectivity index (χ1v) is 18.8. The molecule has 0 bridgehead atoms. The molecule has 1 heterocycles. The molecule has 0 amide bonds. The van der Waals surface area contributed by atoms with Gasteiger partial charge in [0.05, 0.1) is 12.1 Å². The highest BCUT2D eigenvalue weighted by Gasteiger charge is 2.48. The van der Waals surface area contributed by atoms with Crippen molar-refractivity contribution in [1.29, 1.82) is 0 Å². The predicted octanol–water partition coefficient (Wildman–Crippen LogP) is 11.3. The Hall–Kier alpha value is -0.270. The maximum Gasteiger partial charge on any atom is 0.228 e. The van der Waals surface area contributed by atoms with Gasteiger partial charge in [-0.3, -0.25) is 0 Å². The minimum atomic E-state index is -1.91. The molecule has 0 aliphatic carbocycles. The average molecular weight is 635 g/mol. The van der Waals surface area contributed by atoms with Gasteiger partial charge in [0.15, 0.2) is 0 Å². The summed E-state index contributed by atoms with van der Waals surface area (Å²) in [4.78, 5) is 0. The quantitative estimate of drug-likeness (QED) is 0.0672. The fourth-order valence-corrected chi connectivity index (χ4v) is 5.57. The lowest BCUT2D eigenvalue weighted by Crippen LogP contribution is -2.60. The molecule has 0 N–H and O–H groups in total. The van der Waals surface area contributed by atoms with Crippen molar-refractivity contribution in [2.45, 2.75) is 213 Å². The van der Waals surface area contributed by atoms with E-state index in [9.17, 15) is 0 Å². The van der Waals surface area contributed by atoms with Gasteiger partial charge in [-0.2, -0.15) is 0 Å². The van der Waals surface area contributed by atoms with Crippen LogP contribution in [0.15, 0.2) is 0 Å². The van der Waals surface area contributed by atoms with Crippen LogP contribution >= 0.6 is 0 Å². The SMILES string of the molecule is [2H]C(CCCCCCC)OC[C@H]1OC(F)[C@H](OC([2H])CCCCCCC)[C@@H](OC([2H])CCCCCCC)[C@@H]1OC([2H])CCCCCCC.